The molecule has 0 atom stereocenters. The summed E-state index contributed by atoms with van der Waals surface area (Å²) in [6.07, 6.45) is 1.70. The maximum Gasteiger partial charge on any atom is 0.325 e. The number of H-pyrrole nitrogens is 1. The molecule has 2 heterocycles. The fraction of sp³-hybridized carbons (Fsp3) is 0.222. The van der Waals surface area contributed by atoms with Crippen molar-refractivity contribution >= 4 is 16.9 Å². The van der Waals surface area contributed by atoms with Crippen LogP contribution in [0.25, 0.3) is 22.0 Å². The molecule has 118 valence electrons. The summed E-state index contributed by atoms with van der Waals surface area (Å²) in [5.74, 6) is -0.293. The van der Waals surface area contributed by atoms with Gasteiger partial charge in [0.25, 0.3) is 0 Å². The average Bonchev–Trinajstić information content (AvgIpc) is 2.80. The highest BCUT2D eigenvalue weighted by molar-refractivity contribution is 5.98. The number of hydrogen-bond acceptors (Lipinski definition) is 3. The van der Waals surface area contributed by atoms with Crippen molar-refractivity contribution < 1.29 is 9.53 Å². The molecule has 23 heavy (non-hydrogen) atoms. The SMILES string of the molecule is COC(=O)Cn1c(C)c(-c2ccc(=O)[nH]c2)c2cc(C)ccc21. The van der Waals surface area contributed by atoms with Crippen LogP contribution >= 0.6 is 0 Å². The van der Waals surface area contributed by atoms with Gasteiger partial charge in [0.1, 0.15) is 6.54 Å². The van der Waals surface area contributed by atoms with Crippen LogP contribution in [0.4, 0.5) is 0 Å². The number of ether oxygens (including phenoxy) is 1. The molecule has 3 aromatic rings. The molecule has 0 saturated carbocycles. The molecule has 0 bridgehead atoms. The molecule has 0 aliphatic heterocycles. The van der Waals surface area contributed by atoms with Gasteiger partial charge >= 0.3 is 5.97 Å². The number of nitrogens with zero attached hydrogens (tertiary/aromatic N) is 1. The van der Waals surface area contributed by atoms with Gasteiger partial charge in [-0.25, -0.2) is 0 Å². The van der Waals surface area contributed by atoms with E-state index in [0.717, 1.165) is 33.3 Å². The third-order valence-electron chi connectivity index (χ3n) is 4.07. The van der Waals surface area contributed by atoms with Crippen LogP contribution in [-0.2, 0) is 16.1 Å². The first kappa shape index (κ1) is 15.1. The van der Waals surface area contributed by atoms with E-state index in [9.17, 15) is 9.59 Å². The highest BCUT2D eigenvalue weighted by Gasteiger charge is 2.17. The molecule has 0 unspecified atom stereocenters. The Bertz CT molecular complexity index is 930. The fourth-order valence-electron chi connectivity index (χ4n) is 2.92. The second-order valence-corrected chi connectivity index (χ2v) is 5.58. The number of carbonyl (C=O) groups is 1. The summed E-state index contributed by atoms with van der Waals surface area (Å²) >= 11 is 0. The van der Waals surface area contributed by atoms with Crippen LogP contribution in [0.3, 0.4) is 0 Å². The molecule has 5 nitrogen and oxygen atoms in total. The molecule has 2 aromatic heterocycles. The first-order chi connectivity index (χ1) is 11.0. The van der Waals surface area contributed by atoms with Crippen LogP contribution in [0.15, 0.2) is 41.3 Å². The molecule has 0 aliphatic rings. The van der Waals surface area contributed by atoms with E-state index < -0.39 is 0 Å². The Labute approximate surface area is 133 Å². The second-order valence-electron chi connectivity index (χ2n) is 5.58. The van der Waals surface area contributed by atoms with Crippen LogP contribution in [-0.4, -0.2) is 22.6 Å². The van der Waals surface area contributed by atoms with Crippen molar-refractivity contribution in [2.45, 2.75) is 20.4 Å². The molecule has 0 aliphatic carbocycles. The number of methoxy groups -OCH3 is 1. The Morgan fingerprint density at radius 3 is 2.65 bits per heavy atom. The van der Waals surface area contributed by atoms with E-state index in [0.29, 0.717) is 0 Å². The zero-order valence-electron chi connectivity index (χ0n) is 13.3. The minimum atomic E-state index is -0.293. The zero-order chi connectivity index (χ0) is 16.6. The summed E-state index contributed by atoms with van der Waals surface area (Å²) in [6, 6.07) is 9.43. The van der Waals surface area contributed by atoms with Gasteiger partial charge in [0, 0.05) is 40.0 Å². The highest BCUT2D eigenvalue weighted by atomic mass is 16.5. The van der Waals surface area contributed by atoms with E-state index in [4.69, 9.17) is 4.74 Å². The van der Waals surface area contributed by atoms with Crippen molar-refractivity contribution in [3.63, 3.8) is 0 Å². The summed E-state index contributed by atoms with van der Waals surface area (Å²) in [7, 11) is 1.39. The third kappa shape index (κ3) is 2.65. The van der Waals surface area contributed by atoms with Crippen molar-refractivity contribution in [3.8, 4) is 11.1 Å². The quantitative estimate of drug-likeness (QED) is 0.757. The number of aromatic nitrogens is 2. The van der Waals surface area contributed by atoms with Gasteiger partial charge in [0.15, 0.2) is 0 Å². The molecule has 0 amide bonds. The van der Waals surface area contributed by atoms with E-state index >= 15 is 0 Å². The smallest absolute Gasteiger partial charge is 0.325 e. The Hall–Kier alpha value is -2.82. The molecule has 5 heteroatoms. The summed E-state index contributed by atoms with van der Waals surface area (Å²) in [4.78, 5) is 25.8. The molecule has 1 aromatic carbocycles. The van der Waals surface area contributed by atoms with Gasteiger partial charge in [0.2, 0.25) is 5.56 Å². The van der Waals surface area contributed by atoms with E-state index in [2.05, 4.69) is 11.1 Å². The van der Waals surface area contributed by atoms with Crippen molar-refractivity contribution in [2.75, 3.05) is 7.11 Å². The molecule has 1 N–H and O–H groups in total. The van der Waals surface area contributed by atoms with Gasteiger partial charge in [0.05, 0.1) is 7.11 Å². The number of aromatic amines is 1. The van der Waals surface area contributed by atoms with Gasteiger partial charge in [-0.3, -0.25) is 9.59 Å². The predicted molar refractivity (Wildman–Crippen MR) is 89.5 cm³/mol. The topological polar surface area (TPSA) is 64.1 Å². The number of fused-ring (bicyclic) bond motifs is 1. The normalized spacial score (nSPS) is 10.9. The largest absolute Gasteiger partial charge is 0.468 e. The molecular weight excluding hydrogens is 292 g/mol. The molecule has 0 fully saturated rings. The van der Waals surface area contributed by atoms with Gasteiger partial charge in [-0.05, 0) is 32.0 Å². The average molecular weight is 310 g/mol. The summed E-state index contributed by atoms with van der Waals surface area (Å²) in [5, 5.41) is 1.05. The van der Waals surface area contributed by atoms with E-state index in [1.165, 1.54) is 13.2 Å². The first-order valence-corrected chi connectivity index (χ1v) is 7.36. The van der Waals surface area contributed by atoms with Gasteiger partial charge in [-0.15, -0.1) is 0 Å². The van der Waals surface area contributed by atoms with Crippen LogP contribution in [0.2, 0.25) is 0 Å². The Morgan fingerprint density at radius 1 is 1.22 bits per heavy atom. The zero-order valence-corrected chi connectivity index (χ0v) is 13.3. The van der Waals surface area contributed by atoms with Crippen LogP contribution in [0.5, 0.6) is 0 Å². The van der Waals surface area contributed by atoms with Crippen molar-refractivity contribution in [1.82, 2.24) is 9.55 Å². The molecule has 0 saturated heterocycles. The molecule has 3 rings (SSSR count). The Kier molecular flexibility index (Phi) is 3.78. The molecular formula is C18H18N2O3. The minimum absolute atomic E-state index is 0.138. The highest BCUT2D eigenvalue weighted by Crippen LogP contribution is 2.34. The summed E-state index contributed by atoms with van der Waals surface area (Å²) in [5.41, 5.74) is 4.87. The van der Waals surface area contributed by atoms with Gasteiger partial charge < -0.3 is 14.3 Å². The lowest BCUT2D eigenvalue weighted by molar-refractivity contribution is -0.141. The lowest BCUT2D eigenvalue weighted by Gasteiger charge is -2.07. The predicted octanol–water partition coefficient (Wildman–Crippen LogP) is 2.79. The Morgan fingerprint density at radius 2 is 2.00 bits per heavy atom. The van der Waals surface area contributed by atoms with Crippen LogP contribution in [0.1, 0.15) is 11.3 Å². The van der Waals surface area contributed by atoms with Crippen molar-refractivity contribution in [2.24, 2.45) is 0 Å². The second kappa shape index (κ2) is 5.76. The van der Waals surface area contributed by atoms with E-state index in [1.807, 2.05) is 30.5 Å². The number of esters is 1. The minimum Gasteiger partial charge on any atom is -0.468 e. The number of hydrogen-bond donors (Lipinski definition) is 1. The number of carbonyl (C=O) groups excluding carboxylic acids is 1. The third-order valence-corrected chi connectivity index (χ3v) is 4.07. The number of rotatable bonds is 3. The van der Waals surface area contributed by atoms with Gasteiger partial charge in [-0.1, -0.05) is 11.6 Å². The van der Waals surface area contributed by atoms with Crippen LogP contribution in [0, 0.1) is 13.8 Å². The van der Waals surface area contributed by atoms with Crippen LogP contribution < -0.4 is 5.56 Å². The van der Waals surface area contributed by atoms with Crippen molar-refractivity contribution in [1.29, 1.82) is 0 Å². The standard InChI is InChI=1S/C18H18N2O3/c1-11-4-6-15-14(8-11)18(13-5-7-16(21)19-9-13)12(2)20(15)10-17(22)23-3/h4-9H,10H2,1-3H3,(H,19,21). The molecule has 0 spiro atoms. The van der Waals surface area contributed by atoms with E-state index in [-0.39, 0.29) is 18.1 Å². The number of aryl methyl sites for hydroxylation is 1. The maximum atomic E-state index is 11.7. The Balaban J connectivity index is 2.30. The maximum absolute atomic E-state index is 11.7. The first-order valence-electron chi connectivity index (χ1n) is 7.36. The number of benzene rings is 1. The van der Waals surface area contributed by atoms with Gasteiger partial charge in [-0.2, -0.15) is 0 Å². The lowest BCUT2D eigenvalue weighted by atomic mass is 10.0. The fourth-order valence-corrected chi connectivity index (χ4v) is 2.92. The van der Waals surface area contributed by atoms with E-state index in [1.54, 1.807) is 12.3 Å². The number of nitrogens with one attached hydrogen (secondary N) is 1. The lowest BCUT2D eigenvalue weighted by Crippen LogP contribution is -2.12. The van der Waals surface area contributed by atoms with Crippen molar-refractivity contribution in [3.05, 3.63) is 58.1 Å². The molecule has 0 radical (unpaired) electrons. The monoisotopic (exact) mass is 310 g/mol. The number of pyridine rings is 1. The summed E-state index contributed by atoms with van der Waals surface area (Å²) in [6.45, 7) is 4.16. The summed E-state index contributed by atoms with van der Waals surface area (Å²) < 4.78 is 6.75.